The van der Waals surface area contributed by atoms with Crippen LogP contribution >= 0.6 is 11.6 Å². The van der Waals surface area contributed by atoms with Gasteiger partial charge in [-0.2, -0.15) is 0 Å². The number of pyridine rings is 1. The van der Waals surface area contributed by atoms with Crippen molar-refractivity contribution >= 4 is 23.1 Å². The third-order valence-corrected chi connectivity index (χ3v) is 3.45. The maximum absolute atomic E-state index is 11.0. The number of rotatable bonds is 2. The van der Waals surface area contributed by atoms with Crippen LogP contribution in [-0.4, -0.2) is 34.2 Å². The number of hydrogen-bond donors (Lipinski definition) is 1. The van der Waals surface area contributed by atoms with Gasteiger partial charge in [0.05, 0.1) is 11.0 Å². The van der Waals surface area contributed by atoms with Crippen molar-refractivity contribution < 1.29 is 10.0 Å². The number of halogens is 1. The molecule has 1 saturated heterocycles. The Balaban J connectivity index is 2.32. The molecule has 0 bridgehead atoms. The molecule has 6 nitrogen and oxygen atoms in total. The van der Waals surface area contributed by atoms with E-state index >= 15 is 0 Å². The van der Waals surface area contributed by atoms with Crippen LogP contribution in [0.15, 0.2) is 12.1 Å². The summed E-state index contributed by atoms with van der Waals surface area (Å²) in [5, 5.41) is 21.0. The van der Waals surface area contributed by atoms with E-state index < -0.39 is 11.0 Å². The highest BCUT2D eigenvalue weighted by Crippen LogP contribution is 2.30. The molecule has 1 aliphatic heterocycles. The second-order valence-corrected chi connectivity index (χ2v) is 4.90. The summed E-state index contributed by atoms with van der Waals surface area (Å²) in [6, 6.07) is 2.74. The molecular formula is C11H14ClN3O3. The number of piperidine rings is 1. The SMILES string of the molecule is CC1CCN(c2nc(Cl)ccc2[N+](=O)[O-])CC1O. The van der Waals surface area contributed by atoms with E-state index in [4.69, 9.17) is 11.6 Å². The summed E-state index contributed by atoms with van der Waals surface area (Å²) >= 11 is 5.78. The lowest BCUT2D eigenvalue weighted by atomic mass is 9.96. The normalized spacial score (nSPS) is 24.1. The van der Waals surface area contributed by atoms with Gasteiger partial charge in [-0.15, -0.1) is 0 Å². The smallest absolute Gasteiger partial charge is 0.311 e. The number of hydrogen-bond acceptors (Lipinski definition) is 5. The van der Waals surface area contributed by atoms with Crippen LogP contribution in [0.4, 0.5) is 11.5 Å². The lowest BCUT2D eigenvalue weighted by Gasteiger charge is -2.34. The second-order valence-electron chi connectivity index (χ2n) is 4.51. The minimum Gasteiger partial charge on any atom is -0.391 e. The molecule has 0 aromatic carbocycles. The lowest BCUT2D eigenvalue weighted by Crippen LogP contribution is -2.43. The predicted octanol–water partition coefficient (Wildman–Crippen LogP) is 1.85. The fourth-order valence-corrected chi connectivity index (χ4v) is 2.18. The highest BCUT2D eigenvalue weighted by Gasteiger charge is 2.29. The Hall–Kier alpha value is -1.40. The zero-order valence-corrected chi connectivity index (χ0v) is 10.7. The number of nitrogens with zero attached hydrogens (tertiary/aromatic N) is 3. The Morgan fingerprint density at radius 3 is 2.94 bits per heavy atom. The molecule has 1 aromatic heterocycles. The molecule has 0 aliphatic carbocycles. The van der Waals surface area contributed by atoms with Crippen LogP contribution in [0.2, 0.25) is 5.15 Å². The third kappa shape index (κ3) is 2.54. The van der Waals surface area contributed by atoms with Crippen LogP contribution in [0.1, 0.15) is 13.3 Å². The van der Waals surface area contributed by atoms with E-state index in [0.717, 1.165) is 6.42 Å². The number of aliphatic hydroxyl groups excluding tert-OH is 1. The Labute approximate surface area is 109 Å². The molecule has 2 unspecified atom stereocenters. The number of aromatic nitrogens is 1. The summed E-state index contributed by atoms with van der Waals surface area (Å²) in [6.45, 7) is 2.93. The molecule has 0 amide bonds. The topological polar surface area (TPSA) is 79.5 Å². The van der Waals surface area contributed by atoms with E-state index in [1.807, 2.05) is 6.92 Å². The van der Waals surface area contributed by atoms with Crippen LogP contribution in [0.3, 0.4) is 0 Å². The second kappa shape index (κ2) is 5.07. The molecule has 2 heterocycles. The van der Waals surface area contributed by atoms with Crippen molar-refractivity contribution in [1.29, 1.82) is 0 Å². The maximum Gasteiger partial charge on any atom is 0.311 e. The largest absolute Gasteiger partial charge is 0.391 e. The highest BCUT2D eigenvalue weighted by atomic mass is 35.5. The lowest BCUT2D eigenvalue weighted by molar-refractivity contribution is -0.384. The Kier molecular flexibility index (Phi) is 3.68. The molecule has 7 heteroatoms. The van der Waals surface area contributed by atoms with E-state index in [-0.39, 0.29) is 22.6 Å². The van der Waals surface area contributed by atoms with Gasteiger partial charge in [-0.25, -0.2) is 4.98 Å². The fourth-order valence-electron chi connectivity index (χ4n) is 2.03. The summed E-state index contributed by atoms with van der Waals surface area (Å²) in [5.74, 6) is 0.429. The van der Waals surface area contributed by atoms with E-state index in [1.54, 1.807) is 4.90 Å². The van der Waals surface area contributed by atoms with Gasteiger partial charge in [-0.05, 0) is 18.4 Å². The van der Waals surface area contributed by atoms with Crippen LogP contribution < -0.4 is 4.90 Å². The summed E-state index contributed by atoms with van der Waals surface area (Å²) in [6.07, 6.45) is 0.270. The highest BCUT2D eigenvalue weighted by molar-refractivity contribution is 6.29. The molecule has 2 atom stereocenters. The molecule has 0 radical (unpaired) electrons. The summed E-state index contributed by atoms with van der Waals surface area (Å²) < 4.78 is 0. The molecule has 1 aliphatic rings. The number of aliphatic hydroxyl groups is 1. The van der Waals surface area contributed by atoms with Crippen LogP contribution in [0.5, 0.6) is 0 Å². The number of anilines is 1. The molecule has 2 rings (SSSR count). The van der Waals surface area contributed by atoms with E-state index in [9.17, 15) is 15.2 Å². The molecule has 18 heavy (non-hydrogen) atoms. The van der Waals surface area contributed by atoms with Crippen molar-refractivity contribution in [2.45, 2.75) is 19.4 Å². The van der Waals surface area contributed by atoms with Crippen molar-refractivity contribution in [3.05, 3.63) is 27.4 Å². The van der Waals surface area contributed by atoms with Crippen LogP contribution in [0.25, 0.3) is 0 Å². The summed E-state index contributed by atoms with van der Waals surface area (Å²) in [4.78, 5) is 16.2. The fraction of sp³-hybridized carbons (Fsp3) is 0.545. The van der Waals surface area contributed by atoms with E-state index in [0.29, 0.717) is 13.1 Å². The zero-order valence-electron chi connectivity index (χ0n) is 9.91. The quantitative estimate of drug-likeness (QED) is 0.504. The van der Waals surface area contributed by atoms with Crippen LogP contribution in [-0.2, 0) is 0 Å². The van der Waals surface area contributed by atoms with Gasteiger partial charge in [-0.1, -0.05) is 18.5 Å². The Bertz CT molecular complexity index is 469. The van der Waals surface area contributed by atoms with Gasteiger partial charge in [-0.3, -0.25) is 10.1 Å². The van der Waals surface area contributed by atoms with E-state index in [1.165, 1.54) is 12.1 Å². The first-order valence-electron chi connectivity index (χ1n) is 5.73. The monoisotopic (exact) mass is 271 g/mol. The first-order valence-corrected chi connectivity index (χ1v) is 6.11. The minimum absolute atomic E-state index is 0.0823. The Morgan fingerprint density at radius 1 is 1.61 bits per heavy atom. The van der Waals surface area contributed by atoms with Gasteiger partial charge in [0.25, 0.3) is 0 Å². The van der Waals surface area contributed by atoms with Crippen LogP contribution in [0, 0.1) is 16.0 Å². The maximum atomic E-state index is 11.0. The molecule has 0 saturated carbocycles. The molecule has 1 fully saturated rings. The number of β-amino-alcohol motifs (C(OH)–C–C–N with tert-alkyl or cyclic N) is 1. The van der Waals surface area contributed by atoms with Crippen molar-refractivity contribution in [3.63, 3.8) is 0 Å². The molecule has 1 aromatic rings. The first-order chi connectivity index (χ1) is 8.49. The first kappa shape index (κ1) is 13.0. The van der Waals surface area contributed by atoms with Gasteiger partial charge < -0.3 is 10.0 Å². The van der Waals surface area contributed by atoms with Crippen molar-refractivity contribution in [2.75, 3.05) is 18.0 Å². The standard InChI is InChI=1S/C11H14ClN3O3/c1-7-4-5-14(6-9(7)16)11-8(15(17)18)2-3-10(12)13-11/h2-3,7,9,16H,4-6H2,1H3. The number of nitro groups is 1. The van der Waals surface area contributed by atoms with Gasteiger partial charge in [0.1, 0.15) is 5.15 Å². The van der Waals surface area contributed by atoms with Crippen molar-refractivity contribution in [1.82, 2.24) is 4.98 Å². The van der Waals surface area contributed by atoms with Crippen molar-refractivity contribution in [3.8, 4) is 0 Å². The van der Waals surface area contributed by atoms with Gasteiger partial charge in [0.2, 0.25) is 5.82 Å². The average Bonchev–Trinajstić information content (AvgIpc) is 2.32. The van der Waals surface area contributed by atoms with E-state index in [2.05, 4.69) is 4.98 Å². The average molecular weight is 272 g/mol. The molecule has 1 N–H and O–H groups in total. The summed E-state index contributed by atoms with van der Waals surface area (Å²) in [7, 11) is 0. The minimum atomic E-state index is -0.501. The van der Waals surface area contributed by atoms with Gasteiger partial charge in [0, 0.05) is 19.2 Å². The predicted molar refractivity (Wildman–Crippen MR) is 67.9 cm³/mol. The zero-order chi connectivity index (χ0) is 13.3. The van der Waals surface area contributed by atoms with Gasteiger partial charge in [0.15, 0.2) is 0 Å². The third-order valence-electron chi connectivity index (χ3n) is 3.24. The molecular weight excluding hydrogens is 258 g/mol. The molecule has 0 spiro atoms. The summed E-state index contributed by atoms with van der Waals surface area (Å²) in [5.41, 5.74) is -0.0823. The van der Waals surface area contributed by atoms with Crippen molar-refractivity contribution in [2.24, 2.45) is 5.92 Å². The molecule has 98 valence electrons. The Morgan fingerprint density at radius 2 is 2.33 bits per heavy atom. The van der Waals surface area contributed by atoms with Gasteiger partial charge >= 0.3 is 5.69 Å².